The van der Waals surface area contributed by atoms with E-state index in [1.807, 2.05) is 12.1 Å². The summed E-state index contributed by atoms with van der Waals surface area (Å²) in [7, 11) is 0. The van der Waals surface area contributed by atoms with Crippen LogP contribution in [0.3, 0.4) is 0 Å². The number of benzene rings is 1. The van der Waals surface area contributed by atoms with Crippen LogP contribution in [0.5, 0.6) is 0 Å². The Morgan fingerprint density at radius 1 is 1.24 bits per heavy atom. The molecule has 0 atom stereocenters. The minimum absolute atomic E-state index is 0.0595. The summed E-state index contributed by atoms with van der Waals surface area (Å²) in [5.74, 6) is -0.153. The topological polar surface area (TPSA) is 12.9 Å². The molecule has 0 spiro atoms. The maximum atomic E-state index is 13.5. The molecule has 2 rings (SSSR count). The Morgan fingerprint density at radius 3 is 2.53 bits per heavy atom. The highest BCUT2D eigenvalue weighted by molar-refractivity contribution is 7.09. The van der Waals surface area contributed by atoms with Gasteiger partial charge in [0.15, 0.2) is 0 Å². The molecule has 0 unspecified atom stereocenters. The first-order valence-electron chi connectivity index (χ1n) is 5.65. The maximum absolute atomic E-state index is 13.5. The van der Waals surface area contributed by atoms with Gasteiger partial charge in [-0.1, -0.05) is 39.0 Å². The van der Waals surface area contributed by atoms with E-state index in [2.05, 4.69) is 31.1 Å². The Kier molecular flexibility index (Phi) is 3.29. The Bertz CT molecular complexity index is 511. The number of halogens is 1. The fraction of sp³-hybridized carbons (Fsp3) is 0.357. The lowest BCUT2D eigenvalue weighted by molar-refractivity contribution is 0.570. The summed E-state index contributed by atoms with van der Waals surface area (Å²) in [5, 5.41) is 3.04. The van der Waals surface area contributed by atoms with Gasteiger partial charge in [-0.15, -0.1) is 11.3 Å². The van der Waals surface area contributed by atoms with Crippen molar-refractivity contribution in [3.05, 3.63) is 51.7 Å². The smallest absolute Gasteiger partial charge is 0.126 e. The molecule has 0 saturated carbocycles. The third-order valence-electron chi connectivity index (χ3n) is 2.62. The summed E-state index contributed by atoms with van der Waals surface area (Å²) in [5.41, 5.74) is 1.85. The van der Waals surface area contributed by atoms with Crippen LogP contribution in [-0.4, -0.2) is 4.98 Å². The normalized spacial score (nSPS) is 11.8. The Balaban J connectivity index is 2.21. The van der Waals surface area contributed by atoms with Gasteiger partial charge in [-0.3, -0.25) is 0 Å². The van der Waals surface area contributed by atoms with E-state index in [-0.39, 0.29) is 11.2 Å². The highest BCUT2D eigenvalue weighted by atomic mass is 32.1. The number of hydrogen-bond acceptors (Lipinski definition) is 2. The van der Waals surface area contributed by atoms with Gasteiger partial charge in [0.2, 0.25) is 0 Å². The molecular formula is C14H16FNS. The summed E-state index contributed by atoms with van der Waals surface area (Å²) in [4.78, 5) is 4.57. The summed E-state index contributed by atoms with van der Waals surface area (Å²) in [6.07, 6.45) is 0.577. The van der Waals surface area contributed by atoms with Gasteiger partial charge in [0.05, 0.1) is 10.7 Å². The van der Waals surface area contributed by atoms with E-state index < -0.39 is 0 Å². The number of hydrogen-bond donors (Lipinski definition) is 0. The zero-order chi connectivity index (χ0) is 12.5. The second kappa shape index (κ2) is 4.57. The molecule has 0 aliphatic rings. The van der Waals surface area contributed by atoms with Crippen molar-refractivity contribution in [1.29, 1.82) is 0 Å². The second-order valence-electron chi connectivity index (χ2n) is 5.14. The van der Waals surface area contributed by atoms with E-state index in [0.717, 1.165) is 10.7 Å². The van der Waals surface area contributed by atoms with Crippen molar-refractivity contribution in [2.24, 2.45) is 0 Å². The minimum Gasteiger partial charge on any atom is -0.245 e. The predicted molar refractivity (Wildman–Crippen MR) is 70.0 cm³/mol. The van der Waals surface area contributed by atoms with Gasteiger partial charge < -0.3 is 0 Å². The molecule has 0 fully saturated rings. The standard InChI is InChI=1S/C14H16FNS/c1-14(2,3)12-9-17-13(16-12)8-10-6-4-5-7-11(10)15/h4-7,9H,8H2,1-3H3. The molecule has 1 aromatic carbocycles. The molecule has 1 aromatic heterocycles. The van der Waals surface area contributed by atoms with Crippen LogP contribution in [0.1, 0.15) is 37.0 Å². The molecule has 17 heavy (non-hydrogen) atoms. The number of nitrogens with zero attached hydrogens (tertiary/aromatic N) is 1. The molecule has 0 aliphatic carbocycles. The summed E-state index contributed by atoms with van der Waals surface area (Å²) >= 11 is 1.60. The monoisotopic (exact) mass is 249 g/mol. The third kappa shape index (κ3) is 2.91. The Morgan fingerprint density at radius 2 is 1.94 bits per heavy atom. The zero-order valence-electron chi connectivity index (χ0n) is 10.3. The molecule has 90 valence electrons. The van der Waals surface area contributed by atoms with Gasteiger partial charge in [-0.2, -0.15) is 0 Å². The zero-order valence-corrected chi connectivity index (χ0v) is 11.1. The minimum atomic E-state index is -0.153. The van der Waals surface area contributed by atoms with Crippen LogP contribution in [0, 0.1) is 5.82 Å². The van der Waals surface area contributed by atoms with Gasteiger partial charge in [0.1, 0.15) is 5.82 Å². The van der Waals surface area contributed by atoms with E-state index in [1.54, 1.807) is 17.4 Å². The van der Waals surface area contributed by atoms with Gasteiger partial charge in [-0.05, 0) is 11.6 Å². The molecule has 0 amide bonds. The van der Waals surface area contributed by atoms with E-state index in [1.165, 1.54) is 6.07 Å². The number of aromatic nitrogens is 1. The van der Waals surface area contributed by atoms with Gasteiger partial charge in [-0.25, -0.2) is 9.37 Å². The van der Waals surface area contributed by atoms with Crippen molar-refractivity contribution in [1.82, 2.24) is 4.98 Å². The van der Waals surface area contributed by atoms with Crippen molar-refractivity contribution in [3.8, 4) is 0 Å². The first kappa shape index (κ1) is 12.2. The molecule has 0 radical (unpaired) electrons. The summed E-state index contributed by atoms with van der Waals surface area (Å²) < 4.78 is 13.5. The molecule has 3 heteroatoms. The number of thiazole rings is 1. The quantitative estimate of drug-likeness (QED) is 0.778. The van der Waals surface area contributed by atoms with E-state index in [0.29, 0.717) is 12.0 Å². The average molecular weight is 249 g/mol. The Hall–Kier alpha value is -1.22. The van der Waals surface area contributed by atoms with Gasteiger partial charge in [0.25, 0.3) is 0 Å². The van der Waals surface area contributed by atoms with Gasteiger partial charge in [0, 0.05) is 17.2 Å². The molecule has 2 aromatic rings. The fourth-order valence-electron chi connectivity index (χ4n) is 1.54. The van der Waals surface area contributed by atoms with Crippen LogP contribution in [-0.2, 0) is 11.8 Å². The molecule has 0 aliphatic heterocycles. The molecule has 0 bridgehead atoms. The molecule has 0 N–H and O–H groups in total. The number of rotatable bonds is 2. The summed E-state index contributed by atoms with van der Waals surface area (Å²) in [6, 6.07) is 6.87. The van der Waals surface area contributed by atoms with Crippen LogP contribution in [0.4, 0.5) is 4.39 Å². The lowest BCUT2D eigenvalue weighted by Crippen LogP contribution is -2.11. The fourth-order valence-corrected chi connectivity index (χ4v) is 2.59. The van der Waals surface area contributed by atoms with Crippen molar-refractivity contribution < 1.29 is 4.39 Å². The largest absolute Gasteiger partial charge is 0.245 e. The highest BCUT2D eigenvalue weighted by Gasteiger charge is 2.17. The van der Waals surface area contributed by atoms with Crippen molar-refractivity contribution in [3.63, 3.8) is 0 Å². The van der Waals surface area contributed by atoms with Crippen LogP contribution < -0.4 is 0 Å². The average Bonchev–Trinajstić information content (AvgIpc) is 2.69. The lowest BCUT2D eigenvalue weighted by Gasteiger charge is -2.14. The SMILES string of the molecule is CC(C)(C)c1csc(Cc2ccccc2F)n1. The predicted octanol–water partition coefficient (Wildman–Crippen LogP) is 4.17. The molecular weight excluding hydrogens is 233 g/mol. The van der Waals surface area contributed by atoms with E-state index in [9.17, 15) is 4.39 Å². The van der Waals surface area contributed by atoms with E-state index in [4.69, 9.17) is 0 Å². The summed E-state index contributed by atoms with van der Waals surface area (Å²) in [6.45, 7) is 6.40. The first-order chi connectivity index (χ1) is 7.97. The second-order valence-corrected chi connectivity index (χ2v) is 6.09. The van der Waals surface area contributed by atoms with Crippen LogP contribution in [0.2, 0.25) is 0 Å². The molecule has 1 heterocycles. The molecule has 0 saturated heterocycles. The van der Waals surface area contributed by atoms with Gasteiger partial charge >= 0.3 is 0 Å². The third-order valence-corrected chi connectivity index (χ3v) is 3.47. The van der Waals surface area contributed by atoms with Crippen LogP contribution >= 0.6 is 11.3 Å². The molecule has 1 nitrogen and oxygen atoms in total. The van der Waals surface area contributed by atoms with Crippen LogP contribution in [0.25, 0.3) is 0 Å². The first-order valence-corrected chi connectivity index (χ1v) is 6.53. The van der Waals surface area contributed by atoms with Crippen molar-refractivity contribution >= 4 is 11.3 Å². The van der Waals surface area contributed by atoms with Crippen molar-refractivity contribution in [2.75, 3.05) is 0 Å². The van der Waals surface area contributed by atoms with Crippen molar-refractivity contribution in [2.45, 2.75) is 32.6 Å². The Labute approximate surface area is 105 Å². The maximum Gasteiger partial charge on any atom is 0.126 e. The van der Waals surface area contributed by atoms with E-state index >= 15 is 0 Å². The van der Waals surface area contributed by atoms with Crippen LogP contribution in [0.15, 0.2) is 29.6 Å². The highest BCUT2D eigenvalue weighted by Crippen LogP contribution is 2.25. The lowest BCUT2D eigenvalue weighted by atomic mass is 9.93.